The fourth-order valence-electron chi connectivity index (χ4n) is 3.90. The molecule has 0 unspecified atom stereocenters. The number of hydrogen-bond donors (Lipinski definition) is 1. The van der Waals surface area contributed by atoms with Gasteiger partial charge in [-0.05, 0) is 49.4 Å². The Morgan fingerprint density at radius 2 is 1.69 bits per heavy atom. The van der Waals surface area contributed by atoms with Crippen molar-refractivity contribution in [1.29, 1.82) is 0 Å². The average molecular weight is 483 g/mol. The van der Waals surface area contributed by atoms with E-state index >= 15 is 0 Å². The van der Waals surface area contributed by atoms with Crippen LogP contribution in [0.15, 0.2) is 88.0 Å². The number of benzene rings is 2. The minimum absolute atomic E-state index is 0.0786. The molecule has 182 valence electrons. The quantitative estimate of drug-likeness (QED) is 0.486. The zero-order valence-corrected chi connectivity index (χ0v) is 19.0. The molecule has 6 nitrogen and oxygen atoms in total. The summed E-state index contributed by atoms with van der Waals surface area (Å²) >= 11 is 0. The van der Waals surface area contributed by atoms with Crippen molar-refractivity contribution in [3.05, 3.63) is 110 Å². The third-order valence-corrected chi connectivity index (χ3v) is 5.76. The minimum Gasteiger partial charge on any atom is -0.325 e. The second-order valence-electron chi connectivity index (χ2n) is 8.25. The van der Waals surface area contributed by atoms with Crippen LogP contribution in [0.3, 0.4) is 0 Å². The molecule has 2 aromatic carbocycles. The van der Waals surface area contributed by atoms with Gasteiger partial charge in [0.2, 0.25) is 5.95 Å². The van der Waals surface area contributed by atoms with E-state index in [4.69, 9.17) is 0 Å². The Morgan fingerprint density at radius 3 is 2.40 bits per heavy atom. The molecule has 0 atom stereocenters. The van der Waals surface area contributed by atoms with Gasteiger partial charge in [-0.3, -0.25) is 4.57 Å². The van der Waals surface area contributed by atoms with Crippen molar-refractivity contribution in [2.24, 2.45) is 0 Å². The Morgan fingerprint density at radius 1 is 0.914 bits per heavy atom. The summed E-state index contributed by atoms with van der Waals surface area (Å²) in [5, 5.41) is 2.75. The molecule has 1 aliphatic carbocycles. The van der Waals surface area contributed by atoms with Gasteiger partial charge in [0.25, 0.3) is 0 Å². The van der Waals surface area contributed by atoms with Crippen LogP contribution in [-0.4, -0.2) is 14.1 Å². The van der Waals surface area contributed by atoms with Crippen LogP contribution in [0, 0.1) is 0 Å². The van der Waals surface area contributed by atoms with E-state index in [0.717, 1.165) is 40.7 Å². The number of alkyl halides is 3. The van der Waals surface area contributed by atoms with Gasteiger partial charge in [0.05, 0.1) is 5.56 Å². The molecule has 0 amide bonds. The number of hydrogen-bond acceptors (Lipinski definition) is 4. The fourth-order valence-corrected chi connectivity index (χ4v) is 3.90. The number of aromatic nitrogens is 3. The van der Waals surface area contributed by atoms with Gasteiger partial charge in [0.1, 0.15) is 0 Å². The van der Waals surface area contributed by atoms with Crippen molar-refractivity contribution in [3.63, 3.8) is 0 Å². The SMILES string of the molecule is O=c1nc(Nc2cccc(C(F)(F)F)c2)n(CCc2ccccc2)c(=O)n1CCC1=CCCC=C1. The highest BCUT2D eigenvalue weighted by Gasteiger charge is 2.30. The molecule has 9 heteroatoms. The van der Waals surface area contributed by atoms with E-state index in [9.17, 15) is 22.8 Å². The van der Waals surface area contributed by atoms with Crippen LogP contribution in [0.4, 0.5) is 24.8 Å². The second kappa shape index (κ2) is 10.6. The van der Waals surface area contributed by atoms with Gasteiger partial charge in [-0.15, -0.1) is 0 Å². The predicted molar refractivity (Wildman–Crippen MR) is 129 cm³/mol. The first-order valence-corrected chi connectivity index (χ1v) is 11.4. The largest absolute Gasteiger partial charge is 0.416 e. The van der Waals surface area contributed by atoms with E-state index in [1.807, 2.05) is 36.4 Å². The van der Waals surface area contributed by atoms with E-state index in [0.29, 0.717) is 12.8 Å². The van der Waals surface area contributed by atoms with Crippen molar-refractivity contribution < 1.29 is 13.2 Å². The Bertz CT molecular complexity index is 1360. The highest BCUT2D eigenvalue weighted by molar-refractivity contribution is 5.54. The number of rotatable bonds is 8. The van der Waals surface area contributed by atoms with Crippen molar-refractivity contribution in [3.8, 4) is 0 Å². The molecular weight excluding hydrogens is 457 g/mol. The zero-order chi connectivity index (χ0) is 24.8. The summed E-state index contributed by atoms with van der Waals surface area (Å²) in [4.78, 5) is 30.1. The smallest absolute Gasteiger partial charge is 0.325 e. The fraction of sp³-hybridized carbons (Fsp3) is 0.269. The molecule has 4 rings (SSSR count). The molecule has 1 heterocycles. The van der Waals surface area contributed by atoms with E-state index in [1.54, 1.807) is 0 Å². The molecule has 3 aromatic rings. The van der Waals surface area contributed by atoms with Gasteiger partial charge >= 0.3 is 17.6 Å². The van der Waals surface area contributed by atoms with Crippen molar-refractivity contribution in [2.75, 3.05) is 5.32 Å². The van der Waals surface area contributed by atoms with Gasteiger partial charge in [0, 0.05) is 18.8 Å². The summed E-state index contributed by atoms with van der Waals surface area (Å²) < 4.78 is 41.8. The third-order valence-electron chi connectivity index (χ3n) is 5.76. The van der Waals surface area contributed by atoms with E-state index in [-0.39, 0.29) is 24.7 Å². The maximum atomic E-state index is 13.3. The summed E-state index contributed by atoms with van der Waals surface area (Å²) in [7, 11) is 0. The number of nitrogens with zero attached hydrogens (tertiary/aromatic N) is 3. The molecule has 0 aliphatic heterocycles. The zero-order valence-electron chi connectivity index (χ0n) is 19.0. The second-order valence-corrected chi connectivity index (χ2v) is 8.25. The maximum absolute atomic E-state index is 13.3. The molecule has 0 radical (unpaired) electrons. The summed E-state index contributed by atoms with van der Waals surface area (Å²) in [5.74, 6) is -0.0942. The Kier molecular flexibility index (Phi) is 7.33. The molecule has 1 aliphatic rings. The van der Waals surface area contributed by atoms with Crippen LogP contribution >= 0.6 is 0 Å². The number of allylic oxidation sites excluding steroid dienone is 4. The minimum atomic E-state index is -4.52. The van der Waals surface area contributed by atoms with Crippen LogP contribution in [0.1, 0.15) is 30.4 Å². The average Bonchev–Trinajstić information content (AvgIpc) is 2.84. The molecular formula is C26H25F3N4O2. The molecule has 1 aromatic heterocycles. The molecule has 1 N–H and O–H groups in total. The first kappa shape index (κ1) is 24.3. The highest BCUT2D eigenvalue weighted by Crippen LogP contribution is 2.31. The van der Waals surface area contributed by atoms with Gasteiger partial charge in [-0.25, -0.2) is 14.2 Å². The molecule has 0 saturated heterocycles. The Hall–Kier alpha value is -3.88. The Labute approximate surface area is 200 Å². The lowest BCUT2D eigenvalue weighted by Gasteiger charge is -2.17. The van der Waals surface area contributed by atoms with E-state index in [2.05, 4.69) is 22.5 Å². The highest BCUT2D eigenvalue weighted by atomic mass is 19.4. The molecule has 0 fully saturated rings. The van der Waals surface area contributed by atoms with Crippen molar-refractivity contribution in [2.45, 2.75) is 44.9 Å². The monoisotopic (exact) mass is 482 g/mol. The lowest BCUT2D eigenvalue weighted by molar-refractivity contribution is -0.137. The molecule has 0 bridgehead atoms. The van der Waals surface area contributed by atoms with Crippen LogP contribution in [0.2, 0.25) is 0 Å². The lowest BCUT2D eigenvalue weighted by atomic mass is 10.0. The van der Waals surface area contributed by atoms with Crippen molar-refractivity contribution in [1.82, 2.24) is 14.1 Å². The van der Waals surface area contributed by atoms with Crippen LogP contribution in [0.25, 0.3) is 0 Å². The van der Waals surface area contributed by atoms with Crippen LogP contribution in [0.5, 0.6) is 0 Å². The summed E-state index contributed by atoms with van der Waals surface area (Å²) in [6, 6.07) is 14.0. The third kappa shape index (κ3) is 6.17. The summed E-state index contributed by atoms with van der Waals surface area (Å²) in [6.07, 6.45) is 4.46. The van der Waals surface area contributed by atoms with Gasteiger partial charge < -0.3 is 5.32 Å². The predicted octanol–water partition coefficient (Wildman–Crippen LogP) is 5.08. The van der Waals surface area contributed by atoms with Crippen LogP contribution in [-0.2, 0) is 25.7 Å². The standard InChI is InChI=1S/C26H25F3N4O2/c27-26(28,29)21-12-7-13-22(18-21)30-23-31-24(34)33(17-15-20-10-5-2-6-11-20)25(35)32(23)16-14-19-8-3-1-4-9-19/h1,3-5,7-13,18H,2,6,14-17H2,(H,30,31,34). The Balaban J connectivity index is 1.67. The number of aryl methyl sites for hydroxylation is 1. The maximum Gasteiger partial charge on any atom is 0.416 e. The van der Waals surface area contributed by atoms with Crippen LogP contribution < -0.4 is 16.7 Å². The normalized spacial score (nSPS) is 13.5. The lowest BCUT2D eigenvalue weighted by Crippen LogP contribution is -2.43. The van der Waals surface area contributed by atoms with Gasteiger partial charge in [0.15, 0.2) is 0 Å². The first-order chi connectivity index (χ1) is 16.8. The number of halogens is 3. The summed E-state index contributed by atoms with van der Waals surface area (Å²) in [5.41, 5.74) is -0.0569. The first-order valence-electron chi connectivity index (χ1n) is 11.4. The molecule has 0 spiro atoms. The topological polar surface area (TPSA) is 68.9 Å². The molecule has 0 saturated carbocycles. The molecule has 35 heavy (non-hydrogen) atoms. The van der Waals surface area contributed by atoms with Crippen molar-refractivity contribution >= 4 is 11.6 Å². The van der Waals surface area contributed by atoms with E-state index in [1.165, 1.54) is 16.7 Å². The van der Waals surface area contributed by atoms with Gasteiger partial charge in [-0.2, -0.15) is 18.2 Å². The number of nitrogens with one attached hydrogen (secondary N) is 1. The summed E-state index contributed by atoms with van der Waals surface area (Å²) in [6.45, 7) is 0.357. The number of anilines is 2. The van der Waals surface area contributed by atoms with E-state index < -0.39 is 23.1 Å². The van der Waals surface area contributed by atoms with Gasteiger partial charge in [-0.1, -0.05) is 60.2 Å².